The zero-order valence-electron chi connectivity index (χ0n) is 18.1. The zero-order chi connectivity index (χ0) is 20.7. The third kappa shape index (κ3) is 5.81. The van der Waals surface area contributed by atoms with Gasteiger partial charge >= 0.3 is 0 Å². The number of benzene rings is 1. The van der Waals surface area contributed by atoms with Crippen molar-refractivity contribution in [2.24, 2.45) is 12.0 Å². The van der Waals surface area contributed by atoms with E-state index in [2.05, 4.69) is 69.9 Å². The van der Waals surface area contributed by atoms with Crippen LogP contribution in [0.25, 0.3) is 0 Å². The molecule has 1 saturated heterocycles. The average molecular weight is 399 g/mol. The second-order valence-electron chi connectivity index (χ2n) is 7.95. The molecule has 158 valence electrons. The molecule has 7 nitrogen and oxygen atoms in total. The highest BCUT2D eigenvalue weighted by Gasteiger charge is 2.34. The van der Waals surface area contributed by atoms with E-state index >= 15 is 0 Å². The number of hydrogen-bond acceptors (Lipinski definition) is 4. The number of ether oxygens (including phenoxy) is 1. The van der Waals surface area contributed by atoms with E-state index in [4.69, 9.17) is 4.74 Å². The van der Waals surface area contributed by atoms with Gasteiger partial charge in [0, 0.05) is 70.8 Å². The van der Waals surface area contributed by atoms with E-state index in [0.717, 1.165) is 50.7 Å². The first-order valence-electron chi connectivity index (χ1n) is 10.3. The van der Waals surface area contributed by atoms with Gasteiger partial charge in [-0.25, -0.2) is 0 Å². The molecule has 0 spiro atoms. The van der Waals surface area contributed by atoms with Crippen LogP contribution in [0.2, 0.25) is 0 Å². The Balaban J connectivity index is 1.64. The number of guanidine groups is 1. The highest BCUT2D eigenvalue weighted by atomic mass is 16.5. The Labute approximate surface area is 174 Å². The van der Waals surface area contributed by atoms with Crippen LogP contribution in [-0.2, 0) is 18.3 Å². The van der Waals surface area contributed by atoms with Crippen molar-refractivity contribution in [1.82, 2.24) is 25.3 Å². The Bertz CT molecular complexity index is 782. The molecule has 29 heavy (non-hydrogen) atoms. The predicted octanol–water partition coefficient (Wildman–Crippen LogP) is 2.33. The van der Waals surface area contributed by atoms with Crippen LogP contribution >= 0.6 is 0 Å². The molecule has 0 aliphatic carbocycles. The molecule has 1 atom stereocenters. The van der Waals surface area contributed by atoms with Gasteiger partial charge in [0.05, 0.1) is 6.20 Å². The molecule has 2 N–H and O–H groups in total. The third-order valence-electron chi connectivity index (χ3n) is 5.61. The summed E-state index contributed by atoms with van der Waals surface area (Å²) in [5.41, 5.74) is 2.43. The van der Waals surface area contributed by atoms with Gasteiger partial charge in [-0.05, 0) is 25.3 Å². The number of nitrogens with zero attached hydrogens (tertiary/aromatic N) is 4. The minimum Gasteiger partial charge on any atom is -0.381 e. The Morgan fingerprint density at radius 3 is 2.66 bits per heavy atom. The van der Waals surface area contributed by atoms with E-state index < -0.39 is 0 Å². The first-order valence-corrected chi connectivity index (χ1v) is 10.3. The summed E-state index contributed by atoms with van der Waals surface area (Å²) in [6.45, 7) is 5.35. The Morgan fingerprint density at radius 2 is 2.03 bits per heavy atom. The molecule has 2 aromatic rings. The van der Waals surface area contributed by atoms with Crippen molar-refractivity contribution >= 4 is 5.96 Å². The van der Waals surface area contributed by atoms with Crippen molar-refractivity contribution in [1.29, 1.82) is 0 Å². The van der Waals surface area contributed by atoms with E-state index in [1.165, 1.54) is 5.56 Å². The van der Waals surface area contributed by atoms with E-state index in [1.807, 2.05) is 31.2 Å². The summed E-state index contributed by atoms with van der Waals surface area (Å²) >= 11 is 0. The zero-order valence-corrected chi connectivity index (χ0v) is 18.1. The van der Waals surface area contributed by atoms with Gasteiger partial charge in [0.2, 0.25) is 0 Å². The lowest BCUT2D eigenvalue weighted by atomic mass is 9.88. The molecular formula is C22H34N6O. The van der Waals surface area contributed by atoms with Crippen molar-refractivity contribution in [3.05, 3.63) is 53.9 Å². The van der Waals surface area contributed by atoms with Crippen molar-refractivity contribution < 1.29 is 4.74 Å². The van der Waals surface area contributed by atoms with E-state index in [-0.39, 0.29) is 11.6 Å². The summed E-state index contributed by atoms with van der Waals surface area (Å²) < 4.78 is 7.48. The second kappa shape index (κ2) is 9.89. The Hall–Kier alpha value is -2.38. The highest BCUT2D eigenvalue weighted by Crippen LogP contribution is 2.25. The lowest BCUT2D eigenvalue weighted by Gasteiger charge is -2.41. The van der Waals surface area contributed by atoms with Crippen LogP contribution in [0, 0.1) is 0 Å². The smallest absolute Gasteiger partial charge is 0.193 e. The Morgan fingerprint density at radius 1 is 1.31 bits per heavy atom. The fraction of sp³-hybridized carbons (Fsp3) is 0.545. The number of hydrogen-bond donors (Lipinski definition) is 2. The van der Waals surface area contributed by atoms with E-state index in [9.17, 15) is 0 Å². The summed E-state index contributed by atoms with van der Waals surface area (Å²) in [6.07, 6.45) is 5.88. The lowest BCUT2D eigenvalue weighted by molar-refractivity contribution is 0.0353. The van der Waals surface area contributed by atoms with Gasteiger partial charge in [-0.1, -0.05) is 30.3 Å². The molecule has 1 aliphatic rings. The molecule has 1 aromatic heterocycles. The van der Waals surface area contributed by atoms with Gasteiger partial charge in [-0.2, -0.15) is 5.10 Å². The van der Waals surface area contributed by atoms with Crippen LogP contribution in [0.5, 0.6) is 0 Å². The molecule has 2 heterocycles. The monoisotopic (exact) mass is 398 g/mol. The molecular weight excluding hydrogens is 364 g/mol. The van der Waals surface area contributed by atoms with Gasteiger partial charge in [-0.3, -0.25) is 9.67 Å². The summed E-state index contributed by atoms with van der Waals surface area (Å²) in [4.78, 5) is 6.62. The minimum absolute atomic E-state index is 0.0292. The molecule has 1 unspecified atom stereocenters. The summed E-state index contributed by atoms with van der Waals surface area (Å²) in [5, 5.41) is 11.7. The highest BCUT2D eigenvalue weighted by molar-refractivity contribution is 5.79. The quantitative estimate of drug-likeness (QED) is 0.554. The van der Waals surface area contributed by atoms with Crippen LogP contribution in [0.1, 0.15) is 36.9 Å². The fourth-order valence-electron chi connectivity index (χ4n) is 3.95. The van der Waals surface area contributed by atoms with E-state index in [0.29, 0.717) is 0 Å². The van der Waals surface area contributed by atoms with Crippen LogP contribution in [0.4, 0.5) is 0 Å². The maximum atomic E-state index is 5.66. The fourth-order valence-corrected chi connectivity index (χ4v) is 3.95. The molecule has 1 fully saturated rings. The number of aliphatic imine (C=N–C) groups is 1. The summed E-state index contributed by atoms with van der Waals surface area (Å²) in [7, 11) is 5.82. The van der Waals surface area contributed by atoms with E-state index in [1.54, 1.807) is 0 Å². The van der Waals surface area contributed by atoms with Crippen LogP contribution < -0.4 is 10.6 Å². The standard InChI is InChI=1S/C22H34N6O/c1-18(20-8-6-5-7-9-20)26-22(10-12-29-13-11-22)17-24-21(23-2)27(3)15-19-14-25-28(4)16-19/h5-9,14,16,18,26H,10-13,15,17H2,1-4H3,(H,23,24). The number of nitrogens with one attached hydrogen (secondary N) is 2. The summed E-state index contributed by atoms with van der Waals surface area (Å²) in [5.74, 6) is 0.883. The SMILES string of the molecule is CN=C(NCC1(NC(C)c2ccccc2)CCOCC1)N(C)Cc1cnn(C)c1. The molecule has 0 bridgehead atoms. The third-order valence-corrected chi connectivity index (χ3v) is 5.61. The lowest BCUT2D eigenvalue weighted by Crippen LogP contribution is -2.58. The van der Waals surface area contributed by atoms with Gasteiger partial charge in [-0.15, -0.1) is 0 Å². The van der Waals surface area contributed by atoms with Crippen LogP contribution in [0.15, 0.2) is 47.7 Å². The van der Waals surface area contributed by atoms with Crippen molar-refractivity contribution in [3.63, 3.8) is 0 Å². The molecule has 0 saturated carbocycles. The first kappa shape index (κ1) is 21.3. The molecule has 3 rings (SSSR count). The molecule has 0 radical (unpaired) electrons. The predicted molar refractivity (Wildman–Crippen MR) is 117 cm³/mol. The number of aryl methyl sites for hydroxylation is 1. The van der Waals surface area contributed by atoms with Crippen molar-refractivity contribution in [2.75, 3.05) is 33.9 Å². The molecule has 7 heteroatoms. The maximum Gasteiger partial charge on any atom is 0.193 e. The van der Waals surface area contributed by atoms with Crippen molar-refractivity contribution in [2.45, 2.75) is 37.9 Å². The number of aromatic nitrogens is 2. The maximum absolute atomic E-state index is 5.66. The summed E-state index contributed by atoms with van der Waals surface area (Å²) in [6, 6.07) is 10.9. The molecule has 1 aliphatic heterocycles. The van der Waals surface area contributed by atoms with Gasteiger partial charge < -0.3 is 20.3 Å². The largest absolute Gasteiger partial charge is 0.381 e. The minimum atomic E-state index is -0.0292. The normalized spacial score (nSPS) is 17.7. The average Bonchev–Trinajstić information content (AvgIpc) is 3.14. The first-order chi connectivity index (χ1) is 14.0. The van der Waals surface area contributed by atoms with Gasteiger partial charge in [0.15, 0.2) is 5.96 Å². The number of rotatable bonds is 7. The Kier molecular flexibility index (Phi) is 7.28. The van der Waals surface area contributed by atoms with Gasteiger partial charge in [0.1, 0.15) is 0 Å². The topological polar surface area (TPSA) is 66.7 Å². The van der Waals surface area contributed by atoms with Crippen LogP contribution in [0.3, 0.4) is 0 Å². The second-order valence-corrected chi connectivity index (χ2v) is 7.95. The van der Waals surface area contributed by atoms with Crippen molar-refractivity contribution in [3.8, 4) is 0 Å². The molecule has 0 amide bonds. The molecule has 1 aromatic carbocycles. The van der Waals surface area contributed by atoms with Gasteiger partial charge in [0.25, 0.3) is 0 Å². The van der Waals surface area contributed by atoms with Crippen LogP contribution in [-0.4, -0.2) is 60.0 Å².